The molecule has 0 fully saturated rings. The van der Waals surface area contributed by atoms with E-state index < -0.39 is 0 Å². The fraction of sp³-hybridized carbons (Fsp3) is 0. The zero-order valence-corrected chi connectivity index (χ0v) is 6.49. The standard InChI is InChI=1S/C11H7N/c1-2-9-4-3-5-10-8-12-7-6-11(9)10/h1,3-8H. The Morgan fingerprint density at radius 1 is 1.25 bits per heavy atom. The normalized spacial score (nSPS) is 9.58. The van der Waals surface area contributed by atoms with Crippen LogP contribution in [0.5, 0.6) is 0 Å². The molecule has 0 aliphatic carbocycles. The van der Waals surface area contributed by atoms with Crippen LogP contribution in [0.3, 0.4) is 0 Å². The number of terminal acetylenes is 1. The van der Waals surface area contributed by atoms with Crippen molar-refractivity contribution in [2.75, 3.05) is 0 Å². The Morgan fingerprint density at radius 2 is 2.17 bits per heavy atom. The highest BCUT2D eigenvalue weighted by atomic mass is 14.6. The first-order valence-corrected chi connectivity index (χ1v) is 3.71. The predicted octanol–water partition coefficient (Wildman–Crippen LogP) is 2.22. The third kappa shape index (κ3) is 0.943. The molecule has 0 unspecified atom stereocenters. The number of hydrogen-bond donors (Lipinski definition) is 0. The summed E-state index contributed by atoms with van der Waals surface area (Å²) in [6, 6.07) is 7.81. The Hall–Kier alpha value is -1.81. The van der Waals surface area contributed by atoms with Gasteiger partial charge in [-0.2, -0.15) is 0 Å². The molecule has 0 radical (unpaired) electrons. The molecule has 0 aliphatic heterocycles. The number of hydrogen-bond acceptors (Lipinski definition) is 1. The molecule has 1 heterocycles. The Labute approximate surface area is 71.1 Å². The van der Waals surface area contributed by atoms with Crippen molar-refractivity contribution in [3.63, 3.8) is 0 Å². The highest BCUT2D eigenvalue weighted by molar-refractivity contribution is 5.87. The molecular weight excluding hydrogens is 146 g/mol. The Morgan fingerprint density at radius 3 is 3.00 bits per heavy atom. The average molecular weight is 153 g/mol. The number of benzene rings is 1. The largest absolute Gasteiger partial charge is 0.264 e. The van der Waals surface area contributed by atoms with Crippen molar-refractivity contribution in [1.82, 2.24) is 4.98 Å². The number of nitrogens with zero attached hydrogens (tertiary/aromatic N) is 1. The van der Waals surface area contributed by atoms with E-state index in [2.05, 4.69) is 10.9 Å². The summed E-state index contributed by atoms with van der Waals surface area (Å²) in [6.07, 6.45) is 8.91. The molecule has 0 N–H and O–H groups in total. The van der Waals surface area contributed by atoms with Gasteiger partial charge in [-0.3, -0.25) is 4.98 Å². The van der Waals surface area contributed by atoms with Gasteiger partial charge in [0.25, 0.3) is 0 Å². The van der Waals surface area contributed by atoms with Gasteiger partial charge in [0.05, 0.1) is 0 Å². The molecule has 0 saturated heterocycles. The van der Waals surface area contributed by atoms with Gasteiger partial charge < -0.3 is 0 Å². The minimum Gasteiger partial charge on any atom is -0.264 e. The first kappa shape index (κ1) is 6.87. The van der Waals surface area contributed by atoms with Crippen LogP contribution in [0.25, 0.3) is 10.8 Å². The molecule has 0 atom stereocenters. The highest BCUT2D eigenvalue weighted by Gasteiger charge is 1.95. The van der Waals surface area contributed by atoms with Crippen molar-refractivity contribution in [2.24, 2.45) is 0 Å². The first-order valence-electron chi connectivity index (χ1n) is 3.71. The number of rotatable bonds is 0. The molecule has 0 spiro atoms. The molecule has 1 aromatic heterocycles. The Kier molecular flexibility index (Phi) is 1.53. The van der Waals surface area contributed by atoms with Gasteiger partial charge in [0, 0.05) is 28.7 Å². The van der Waals surface area contributed by atoms with Crippen molar-refractivity contribution in [3.05, 3.63) is 42.2 Å². The fourth-order valence-corrected chi connectivity index (χ4v) is 1.25. The second-order valence-corrected chi connectivity index (χ2v) is 2.55. The zero-order chi connectivity index (χ0) is 8.39. The number of fused-ring (bicyclic) bond motifs is 1. The lowest BCUT2D eigenvalue weighted by atomic mass is 10.1. The summed E-state index contributed by atoms with van der Waals surface area (Å²) < 4.78 is 0. The van der Waals surface area contributed by atoms with E-state index in [-0.39, 0.29) is 0 Å². The van der Waals surface area contributed by atoms with E-state index in [0.717, 1.165) is 16.3 Å². The molecule has 0 saturated carbocycles. The van der Waals surface area contributed by atoms with Gasteiger partial charge >= 0.3 is 0 Å². The van der Waals surface area contributed by atoms with Crippen LogP contribution in [0.15, 0.2) is 36.7 Å². The molecule has 0 bridgehead atoms. The lowest BCUT2D eigenvalue weighted by Gasteiger charge is -1.97. The third-order valence-electron chi connectivity index (χ3n) is 1.84. The van der Waals surface area contributed by atoms with E-state index in [1.165, 1.54) is 0 Å². The molecule has 2 aromatic rings. The van der Waals surface area contributed by atoms with Gasteiger partial charge in [-0.15, -0.1) is 6.42 Å². The van der Waals surface area contributed by atoms with Crippen LogP contribution in [0.2, 0.25) is 0 Å². The van der Waals surface area contributed by atoms with Crippen molar-refractivity contribution >= 4 is 10.8 Å². The van der Waals surface area contributed by atoms with Crippen LogP contribution >= 0.6 is 0 Å². The molecule has 0 amide bonds. The van der Waals surface area contributed by atoms with Crippen LogP contribution < -0.4 is 0 Å². The summed E-state index contributed by atoms with van der Waals surface area (Å²) in [5.74, 6) is 2.64. The second kappa shape index (κ2) is 2.67. The maximum Gasteiger partial charge on any atom is 0.0346 e. The number of aromatic nitrogens is 1. The average Bonchev–Trinajstić information content (AvgIpc) is 2.17. The Balaban J connectivity index is 2.91. The second-order valence-electron chi connectivity index (χ2n) is 2.55. The summed E-state index contributed by atoms with van der Waals surface area (Å²) in [5, 5.41) is 2.18. The van der Waals surface area contributed by atoms with Crippen LogP contribution in [0.4, 0.5) is 0 Å². The van der Waals surface area contributed by atoms with Crippen LogP contribution in [0, 0.1) is 12.3 Å². The molecule has 1 nitrogen and oxygen atoms in total. The lowest BCUT2D eigenvalue weighted by Crippen LogP contribution is -1.79. The Bertz CT molecular complexity index is 447. The van der Waals surface area contributed by atoms with Crippen molar-refractivity contribution in [3.8, 4) is 12.3 Å². The predicted molar refractivity (Wildman–Crippen MR) is 49.7 cm³/mol. The minimum absolute atomic E-state index is 0.926. The smallest absolute Gasteiger partial charge is 0.0346 e. The van der Waals surface area contributed by atoms with Crippen LogP contribution in [-0.4, -0.2) is 4.98 Å². The molecular formula is C11H7N. The van der Waals surface area contributed by atoms with Gasteiger partial charge in [0.15, 0.2) is 0 Å². The van der Waals surface area contributed by atoms with E-state index in [9.17, 15) is 0 Å². The van der Waals surface area contributed by atoms with Gasteiger partial charge in [0.2, 0.25) is 0 Å². The zero-order valence-electron chi connectivity index (χ0n) is 6.49. The van der Waals surface area contributed by atoms with Gasteiger partial charge in [-0.25, -0.2) is 0 Å². The lowest BCUT2D eigenvalue weighted by molar-refractivity contribution is 1.36. The minimum atomic E-state index is 0.926. The van der Waals surface area contributed by atoms with E-state index in [0.29, 0.717) is 0 Å². The first-order chi connectivity index (χ1) is 5.92. The van der Waals surface area contributed by atoms with Crippen molar-refractivity contribution in [1.29, 1.82) is 0 Å². The number of pyridine rings is 1. The van der Waals surface area contributed by atoms with Crippen molar-refractivity contribution in [2.45, 2.75) is 0 Å². The fourth-order valence-electron chi connectivity index (χ4n) is 1.25. The SMILES string of the molecule is C#Cc1cccc2cnccc12. The van der Waals surface area contributed by atoms with Crippen LogP contribution in [-0.2, 0) is 0 Å². The van der Waals surface area contributed by atoms with E-state index in [1.54, 1.807) is 6.20 Å². The third-order valence-corrected chi connectivity index (χ3v) is 1.84. The maximum atomic E-state index is 5.35. The molecule has 1 aromatic carbocycles. The molecule has 12 heavy (non-hydrogen) atoms. The van der Waals surface area contributed by atoms with E-state index >= 15 is 0 Å². The van der Waals surface area contributed by atoms with Gasteiger partial charge in [-0.05, 0) is 12.1 Å². The molecule has 56 valence electrons. The highest BCUT2D eigenvalue weighted by Crippen LogP contribution is 2.15. The van der Waals surface area contributed by atoms with Gasteiger partial charge in [0.1, 0.15) is 0 Å². The summed E-state index contributed by atoms with van der Waals surface area (Å²) in [7, 11) is 0. The summed E-state index contributed by atoms with van der Waals surface area (Å²) in [6.45, 7) is 0. The summed E-state index contributed by atoms with van der Waals surface area (Å²) >= 11 is 0. The van der Waals surface area contributed by atoms with E-state index in [1.807, 2.05) is 30.5 Å². The van der Waals surface area contributed by atoms with Crippen molar-refractivity contribution < 1.29 is 0 Å². The molecule has 2 rings (SSSR count). The monoisotopic (exact) mass is 153 g/mol. The molecule has 0 aliphatic rings. The van der Waals surface area contributed by atoms with Crippen LogP contribution in [0.1, 0.15) is 5.56 Å². The summed E-state index contributed by atoms with van der Waals surface area (Å²) in [4.78, 5) is 4.02. The van der Waals surface area contributed by atoms with Gasteiger partial charge in [-0.1, -0.05) is 18.1 Å². The quantitative estimate of drug-likeness (QED) is 0.529. The maximum absolute atomic E-state index is 5.35. The van der Waals surface area contributed by atoms with E-state index in [4.69, 9.17) is 6.42 Å². The summed E-state index contributed by atoms with van der Waals surface area (Å²) in [5.41, 5.74) is 0.926. The topological polar surface area (TPSA) is 12.9 Å². The molecule has 1 heteroatoms.